The van der Waals surface area contributed by atoms with E-state index in [2.05, 4.69) is 6.92 Å². The summed E-state index contributed by atoms with van der Waals surface area (Å²) < 4.78 is 47.7. The van der Waals surface area contributed by atoms with Crippen molar-refractivity contribution < 1.29 is 72.4 Å². The lowest BCUT2D eigenvalue weighted by Crippen LogP contribution is -2.62. The molecule has 15 heteroatoms. The van der Waals surface area contributed by atoms with Crippen LogP contribution in [0.15, 0.2) is 23.8 Å². The van der Waals surface area contributed by atoms with Gasteiger partial charge in [0.1, 0.15) is 12.2 Å². The topological polar surface area (TPSA) is 203 Å². The molecule has 0 amide bonds. The van der Waals surface area contributed by atoms with E-state index >= 15 is 0 Å². The fraction of sp³-hybridized carbons (Fsp3) is 0.814. The van der Waals surface area contributed by atoms with Crippen molar-refractivity contribution in [2.75, 3.05) is 20.3 Å². The van der Waals surface area contributed by atoms with Crippen molar-refractivity contribution in [3.8, 4) is 0 Å². The van der Waals surface area contributed by atoms with Crippen molar-refractivity contribution in [3.63, 3.8) is 0 Å². The molecule has 330 valence electrons. The van der Waals surface area contributed by atoms with Gasteiger partial charge in [-0.25, -0.2) is 4.79 Å². The summed E-state index contributed by atoms with van der Waals surface area (Å²) in [5, 5.41) is 34.1. The molecule has 4 rings (SSSR count). The zero-order valence-electron chi connectivity index (χ0n) is 35.5. The SMILES string of the molecule is CCCCCCCC(=O)O[C@H]1/C(=C/C(=O)OC)C[C@H]2C[C@H](CO)OC(=O)C[C@H](O)C[C@@H]3C[C@H](OC(=O)C(C)(C)C)C[C@H](C[C@@H]4CCO[C@H](/C=C\C(C)(C)[C@]1(O)O2)O4)O3. The molecule has 0 aromatic carbocycles. The predicted molar refractivity (Wildman–Crippen MR) is 209 cm³/mol. The number of ether oxygens (including phenoxy) is 8. The third-order valence-electron chi connectivity index (χ3n) is 11.2. The maximum absolute atomic E-state index is 13.4. The van der Waals surface area contributed by atoms with Crippen LogP contribution in [0.3, 0.4) is 0 Å². The van der Waals surface area contributed by atoms with Crippen molar-refractivity contribution in [2.45, 2.75) is 192 Å². The van der Waals surface area contributed by atoms with Crippen molar-refractivity contribution >= 4 is 23.9 Å². The van der Waals surface area contributed by atoms with Crippen LogP contribution < -0.4 is 0 Å². The van der Waals surface area contributed by atoms with Crippen LogP contribution in [-0.2, 0) is 57.1 Å². The number of rotatable bonds is 10. The van der Waals surface area contributed by atoms with Crippen molar-refractivity contribution in [1.29, 1.82) is 0 Å². The van der Waals surface area contributed by atoms with Gasteiger partial charge in [0.15, 0.2) is 12.4 Å². The smallest absolute Gasteiger partial charge is 0.330 e. The van der Waals surface area contributed by atoms with Gasteiger partial charge in [-0.05, 0) is 51.7 Å². The summed E-state index contributed by atoms with van der Waals surface area (Å²) in [5.74, 6) is -4.76. The van der Waals surface area contributed by atoms with E-state index in [9.17, 15) is 34.5 Å². The lowest BCUT2D eigenvalue weighted by Gasteiger charge is -2.51. The highest BCUT2D eigenvalue weighted by atomic mass is 16.7. The molecule has 4 aliphatic rings. The molecular formula is C43H68O15. The zero-order chi connectivity index (χ0) is 42.7. The number of carbonyl (C=O) groups is 4. The van der Waals surface area contributed by atoms with Crippen LogP contribution in [0.2, 0.25) is 0 Å². The number of fused-ring (bicyclic) bond motifs is 6. The molecule has 0 aromatic rings. The highest BCUT2D eigenvalue weighted by Gasteiger charge is 2.57. The van der Waals surface area contributed by atoms with Crippen LogP contribution in [0, 0.1) is 10.8 Å². The van der Waals surface area contributed by atoms with Crippen LogP contribution >= 0.6 is 0 Å². The Labute approximate surface area is 343 Å². The van der Waals surface area contributed by atoms with E-state index in [0.717, 1.165) is 25.7 Å². The number of carbonyl (C=O) groups excluding carboxylic acids is 4. The van der Waals surface area contributed by atoms with Crippen molar-refractivity contribution in [1.82, 2.24) is 0 Å². The molecule has 3 fully saturated rings. The second kappa shape index (κ2) is 21.6. The molecule has 3 N–H and O–H groups in total. The number of hydrogen-bond acceptors (Lipinski definition) is 15. The fourth-order valence-electron chi connectivity index (χ4n) is 7.84. The molecule has 4 heterocycles. The average molecular weight is 825 g/mol. The molecule has 10 atom stereocenters. The molecule has 6 bridgehead atoms. The van der Waals surface area contributed by atoms with Gasteiger partial charge in [-0.3, -0.25) is 14.4 Å². The number of cyclic esters (lactones) is 1. The molecule has 15 nitrogen and oxygen atoms in total. The maximum atomic E-state index is 13.4. The van der Waals surface area contributed by atoms with Gasteiger partial charge in [-0.2, -0.15) is 0 Å². The van der Waals surface area contributed by atoms with Crippen LogP contribution in [0.1, 0.15) is 131 Å². The molecular weight excluding hydrogens is 756 g/mol. The minimum absolute atomic E-state index is 0.0417. The summed E-state index contributed by atoms with van der Waals surface area (Å²) in [6.07, 6.45) is 2.95. The van der Waals surface area contributed by atoms with Gasteiger partial charge in [-0.15, -0.1) is 0 Å². The Kier molecular flexibility index (Phi) is 17.7. The maximum Gasteiger partial charge on any atom is 0.330 e. The van der Waals surface area contributed by atoms with Crippen molar-refractivity contribution in [2.24, 2.45) is 10.8 Å². The standard InChI is InChI=1S/C43H68O15/c1-8-9-10-11-12-13-35(46)57-39-27(19-36(47)51-7)18-33-25-34(26-44)54-37(48)21-28(45)20-30-23-32(56-40(49)41(2,3)4)24-31(53-30)22-29-15-17-52-38(55-29)14-16-42(5,6)43(39,50)58-33/h14,16,19,28-34,38-39,44-45,50H,8-13,15,17-18,20-26H2,1-7H3/b16-14-,27-19+/t28-,29+,30-,31+,32+,33+,34-,38+,39+,43-/m1/s1. The van der Waals surface area contributed by atoms with E-state index in [-0.39, 0.29) is 43.3 Å². The van der Waals surface area contributed by atoms with Gasteiger partial charge < -0.3 is 53.2 Å². The number of unbranched alkanes of at least 4 members (excludes halogenated alkanes) is 4. The quantitative estimate of drug-likeness (QED) is 0.0883. The third-order valence-corrected chi connectivity index (χ3v) is 11.2. The van der Waals surface area contributed by atoms with Crippen LogP contribution in [0.5, 0.6) is 0 Å². The molecule has 3 saturated heterocycles. The van der Waals surface area contributed by atoms with E-state index in [1.165, 1.54) is 13.2 Å². The van der Waals surface area contributed by atoms with E-state index < -0.39 is 96.6 Å². The number of aliphatic hydroxyl groups is 3. The second-order valence-electron chi connectivity index (χ2n) is 17.8. The first-order chi connectivity index (χ1) is 27.3. The molecule has 0 aromatic heterocycles. The lowest BCUT2D eigenvalue weighted by molar-refractivity contribution is -0.327. The number of aliphatic hydroxyl groups excluding tert-OH is 2. The van der Waals surface area contributed by atoms with Gasteiger partial charge in [0.2, 0.25) is 5.79 Å². The molecule has 58 heavy (non-hydrogen) atoms. The van der Waals surface area contributed by atoms with E-state index in [1.54, 1.807) is 46.8 Å². The van der Waals surface area contributed by atoms with Gasteiger partial charge in [0.05, 0.1) is 62.7 Å². The molecule has 0 saturated carbocycles. The molecule has 0 spiro atoms. The Morgan fingerprint density at radius 2 is 1.64 bits per heavy atom. The summed E-state index contributed by atoms with van der Waals surface area (Å²) in [4.78, 5) is 52.2. The van der Waals surface area contributed by atoms with Gasteiger partial charge >= 0.3 is 23.9 Å². The Morgan fingerprint density at radius 3 is 2.31 bits per heavy atom. The first-order valence-electron chi connectivity index (χ1n) is 21.0. The summed E-state index contributed by atoms with van der Waals surface area (Å²) >= 11 is 0. The van der Waals surface area contributed by atoms with Gasteiger partial charge in [0, 0.05) is 50.0 Å². The highest BCUT2D eigenvalue weighted by Crippen LogP contribution is 2.47. The highest BCUT2D eigenvalue weighted by molar-refractivity contribution is 5.83. The normalized spacial score (nSPS) is 34.9. The average Bonchev–Trinajstić information content (AvgIpc) is 3.14. The Morgan fingerprint density at radius 1 is 0.931 bits per heavy atom. The van der Waals surface area contributed by atoms with Gasteiger partial charge in [0.25, 0.3) is 0 Å². The minimum Gasteiger partial charge on any atom is -0.466 e. The number of methoxy groups -OCH3 is 1. The monoisotopic (exact) mass is 824 g/mol. The Bertz CT molecular complexity index is 1430. The summed E-state index contributed by atoms with van der Waals surface area (Å²) in [6, 6.07) is 0. The Hall–Kier alpha value is -2.92. The van der Waals surface area contributed by atoms with E-state index in [0.29, 0.717) is 38.7 Å². The van der Waals surface area contributed by atoms with Crippen molar-refractivity contribution in [3.05, 3.63) is 23.8 Å². The third kappa shape index (κ3) is 13.8. The van der Waals surface area contributed by atoms with E-state index in [4.69, 9.17) is 37.9 Å². The van der Waals surface area contributed by atoms with Crippen LogP contribution in [0.4, 0.5) is 0 Å². The number of hydrogen-bond donors (Lipinski definition) is 3. The zero-order valence-corrected chi connectivity index (χ0v) is 35.5. The first-order valence-corrected chi connectivity index (χ1v) is 21.0. The minimum atomic E-state index is -2.30. The molecule has 0 unspecified atom stereocenters. The molecule has 4 aliphatic heterocycles. The predicted octanol–water partition coefficient (Wildman–Crippen LogP) is 4.89. The van der Waals surface area contributed by atoms with Gasteiger partial charge in [-0.1, -0.05) is 52.5 Å². The lowest BCUT2D eigenvalue weighted by atomic mass is 9.74. The fourth-order valence-corrected chi connectivity index (χ4v) is 7.84. The molecule has 0 aliphatic carbocycles. The second-order valence-corrected chi connectivity index (χ2v) is 17.8. The largest absolute Gasteiger partial charge is 0.466 e. The van der Waals surface area contributed by atoms with Crippen LogP contribution in [-0.4, -0.2) is 120 Å². The Balaban J connectivity index is 1.68. The first kappa shape index (κ1) is 47.8. The number of esters is 4. The summed E-state index contributed by atoms with van der Waals surface area (Å²) in [5.41, 5.74) is -1.86. The van der Waals surface area contributed by atoms with Crippen LogP contribution in [0.25, 0.3) is 0 Å². The van der Waals surface area contributed by atoms with E-state index in [1.807, 2.05) is 0 Å². The molecule has 0 radical (unpaired) electrons. The summed E-state index contributed by atoms with van der Waals surface area (Å²) in [7, 11) is 1.21. The summed E-state index contributed by atoms with van der Waals surface area (Å²) in [6.45, 7) is 10.5.